The Hall–Kier alpha value is -2.78. The average Bonchev–Trinajstić information content (AvgIpc) is 2.83. The van der Waals surface area contributed by atoms with Gasteiger partial charge in [0.25, 0.3) is 0 Å². The van der Waals surface area contributed by atoms with Gasteiger partial charge in [-0.2, -0.15) is 0 Å². The van der Waals surface area contributed by atoms with Gasteiger partial charge in [-0.3, -0.25) is 4.90 Å². The van der Waals surface area contributed by atoms with Gasteiger partial charge in [0, 0.05) is 50.4 Å². The highest BCUT2D eigenvalue weighted by Crippen LogP contribution is 2.38. The number of piperidine rings is 1. The maximum Gasteiger partial charge on any atom is 0.410 e. The Balaban J connectivity index is 0.00000304. The van der Waals surface area contributed by atoms with E-state index in [9.17, 15) is 9.90 Å². The predicted molar refractivity (Wildman–Crippen MR) is 143 cm³/mol. The molecule has 196 valence electrons. The third kappa shape index (κ3) is 5.32. The van der Waals surface area contributed by atoms with Crippen LogP contribution in [0.3, 0.4) is 0 Å². The predicted octanol–water partition coefficient (Wildman–Crippen LogP) is 3.98. The second-order valence-electron chi connectivity index (χ2n) is 10.9. The Bertz CT molecular complexity index is 1090. The number of para-hydroxylation sites is 1. The quantitative estimate of drug-likeness (QED) is 0.619. The zero-order chi connectivity index (χ0) is 24.7. The van der Waals surface area contributed by atoms with Crippen LogP contribution in [0.5, 0.6) is 5.75 Å². The first-order valence-electron chi connectivity index (χ1n) is 12.6. The Morgan fingerprint density at radius 3 is 2.53 bits per heavy atom. The Kier molecular flexibility index (Phi) is 7.52. The fourth-order valence-electron chi connectivity index (χ4n) is 5.47. The minimum absolute atomic E-state index is 0. The third-order valence-corrected chi connectivity index (χ3v) is 7.29. The number of rotatable bonds is 2. The number of fused-ring (bicyclic) bond motifs is 3. The van der Waals surface area contributed by atoms with Gasteiger partial charge in [-0.25, -0.2) is 4.79 Å². The first kappa shape index (κ1) is 26.3. The molecule has 0 radical (unpaired) electrons. The number of phenolic OH excluding ortho intramolecular Hbond substituents is 1. The number of amides is 1. The van der Waals surface area contributed by atoms with Crippen molar-refractivity contribution in [3.8, 4) is 17.0 Å². The van der Waals surface area contributed by atoms with Crippen molar-refractivity contribution in [2.75, 3.05) is 42.9 Å². The summed E-state index contributed by atoms with van der Waals surface area (Å²) < 4.78 is 5.56. The van der Waals surface area contributed by atoms with Crippen LogP contribution in [-0.2, 0) is 4.74 Å². The van der Waals surface area contributed by atoms with Gasteiger partial charge in [0.1, 0.15) is 11.4 Å². The molecule has 3 aliphatic rings. The molecule has 9 nitrogen and oxygen atoms in total. The minimum Gasteiger partial charge on any atom is -0.507 e. The van der Waals surface area contributed by atoms with Crippen LogP contribution in [0.15, 0.2) is 30.3 Å². The highest BCUT2D eigenvalue weighted by atomic mass is 35.5. The lowest BCUT2D eigenvalue weighted by molar-refractivity contribution is 0.0129. The summed E-state index contributed by atoms with van der Waals surface area (Å²) in [6.45, 7) is 12.2. The first-order chi connectivity index (χ1) is 16.7. The molecular formula is C26H37ClN6O3. The van der Waals surface area contributed by atoms with Crippen LogP contribution >= 0.6 is 12.4 Å². The highest BCUT2D eigenvalue weighted by molar-refractivity contribution is 5.85. The van der Waals surface area contributed by atoms with E-state index >= 15 is 0 Å². The van der Waals surface area contributed by atoms with Crippen LogP contribution in [0.1, 0.15) is 40.5 Å². The molecule has 36 heavy (non-hydrogen) atoms. The molecule has 5 rings (SSSR count). The standard InChI is InChI=1S/C26H36N6O3.ClH/c1-17-22-16-31(18-9-11-30(12-10-18)25(34)35-26(2,3)4)13-14-32(22)21-15-20(28-29-24(21)27-17)19-7-5-6-8-23(19)33;/h5-8,15,17-18,22,33H,9-14,16H2,1-4H3,(H,27,29);1H/t17-,22-;/m1./s1. The lowest BCUT2D eigenvalue weighted by atomic mass is 9.96. The highest BCUT2D eigenvalue weighted by Gasteiger charge is 2.40. The number of piperazine rings is 1. The normalized spacial score (nSPS) is 22.7. The number of benzene rings is 1. The van der Waals surface area contributed by atoms with E-state index in [1.165, 1.54) is 0 Å². The molecule has 1 aromatic heterocycles. The molecular weight excluding hydrogens is 480 g/mol. The summed E-state index contributed by atoms with van der Waals surface area (Å²) in [6, 6.07) is 10.3. The van der Waals surface area contributed by atoms with Crippen molar-refractivity contribution in [1.82, 2.24) is 20.0 Å². The minimum atomic E-state index is -0.464. The second kappa shape index (κ2) is 10.3. The fourth-order valence-corrected chi connectivity index (χ4v) is 5.47. The molecule has 2 atom stereocenters. The molecule has 0 spiro atoms. The summed E-state index contributed by atoms with van der Waals surface area (Å²) in [5.74, 6) is 1.00. The van der Waals surface area contributed by atoms with Gasteiger partial charge in [0.05, 0.1) is 17.4 Å². The van der Waals surface area contributed by atoms with E-state index in [1.54, 1.807) is 12.1 Å². The van der Waals surface area contributed by atoms with Crippen molar-refractivity contribution in [3.05, 3.63) is 30.3 Å². The smallest absolute Gasteiger partial charge is 0.410 e. The van der Waals surface area contributed by atoms with Gasteiger partial charge < -0.3 is 25.0 Å². The molecule has 0 aliphatic carbocycles. The van der Waals surface area contributed by atoms with Gasteiger partial charge in [-0.15, -0.1) is 22.6 Å². The number of phenols is 1. The van der Waals surface area contributed by atoms with Crippen LogP contribution in [0.25, 0.3) is 11.3 Å². The summed E-state index contributed by atoms with van der Waals surface area (Å²) in [7, 11) is 0. The van der Waals surface area contributed by atoms with E-state index in [-0.39, 0.29) is 30.3 Å². The zero-order valence-corrected chi connectivity index (χ0v) is 22.3. The Morgan fingerprint density at radius 1 is 1.11 bits per heavy atom. The molecule has 2 saturated heterocycles. The number of aromatic hydroxyl groups is 1. The number of carbonyl (C=O) groups is 1. The molecule has 0 saturated carbocycles. The molecule has 2 fully saturated rings. The summed E-state index contributed by atoms with van der Waals surface area (Å²) in [6.07, 6.45) is 1.73. The van der Waals surface area contributed by atoms with Crippen LogP contribution in [-0.4, -0.2) is 87.6 Å². The number of hydrogen-bond donors (Lipinski definition) is 2. The summed E-state index contributed by atoms with van der Waals surface area (Å²) in [5, 5.41) is 22.7. The van der Waals surface area contributed by atoms with Gasteiger partial charge in [-0.05, 0) is 58.7 Å². The number of halogens is 1. The van der Waals surface area contributed by atoms with Gasteiger partial charge in [0.15, 0.2) is 5.82 Å². The number of hydrogen-bond acceptors (Lipinski definition) is 8. The average molecular weight is 517 g/mol. The molecule has 1 aromatic carbocycles. The van der Waals surface area contributed by atoms with Crippen LogP contribution in [0.2, 0.25) is 0 Å². The Labute approximate surface area is 219 Å². The van der Waals surface area contributed by atoms with Crippen molar-refractivity contribution in [2.45, 2.75) is 64.3 Å². The lowest BCUT2D eigenvalue weighted by Gasteiger charge is -2.51. The van der Waals surface area contributed by atoms with Crippen molar-refractivity contribution in [3.63, 3.8) is 0 Å². The maximum atomic E-state index is 12.4. The van der Waals surface area contributed by atoms with E-state index in [4.69, 9.17) is 4.74 Å². The van der Waals surface area contributed by atoms with Crippen LogP contribution in [0, 0.1) is 0 Å². The van der Waals surface area contributed by atoms with Gasteiger partial charge in [0.2, 0.25) is 0 Å². The Morgan fingerprint density at radius 2 is 1.83 bits per heavy atom. The summed E-state index contributed by atoms with van der Waals surface area (Å²) in [5.41, 5.74) is 1.94. The van der Waals surface area contributed by atoms with Gasteiger partial charge in [-0.1, -0.05) is 12.1 Å². The number of nitrogens with one attached hydrogen (secondary N) is 1. The fraction of sp³-hybridized carbons (Fsp3) is 0.577. The van der Waals surface area contributed by atoms with E-state index < -0.39 is 5.60 Å². The molecule has 1 amide bonds. The number of ether oxygens (including phenoxy) is 1. The van der Waals surface area contributed by atoms with Crippen molar-refractivity contribution >= 4 is 30.0 Å². The molecule has 0 unspecified atom stereocenters. The summed E-state index contributed by atoms with van der Waals surface area (Å²) in [4.78, 5) is 19.3. The topological polar surface area (TPSA) is 94.1 Å². The molecule has 3 aliphatic heterocycles. The van der Waals surface area contributed by atoms with E-state index in [0.717, 1.165) is 57.1 Å². The van der Waals surface area contributed by atoms with Crippen LogP contribution < -0.4 is 10.2 Å². The molecule has 4 heterocycles. The van der Waals surface area contributed by atoms with E-state index in [1.807, 2.05) is 43.9 Å². The molecule has 2 aromatic rings. The lowest BCUT2D eigenvalue weighted by Crippen LogP contribution is -2.63. The number of nitrogens with zero attached hydrogens (tertiary/aromatic N) is 5. The van der Waals surface area contributed by atoms with Gasteiger partial charge >= 0.3 is 6.09 Å². The number of aromatic nitrogens is 2. The molecule has 2 N–H and O–H groups in total. The van der Waals surface area contributed by atoms with Crippen LogP contribution in [0.4, 0.5) is 16.3 Å². The van der Waals surface area contributed by atoms with E-state index in [0.29, 0.717) is 23.3 Å². The third-order valence-electron chi connectivity index (χ3n) is 7.29. The van der Waals surface area contributed by atoms with Crippen molar-refractivity contribution in [2.24, 2.45) is 0 Å². The number of likely N-dealkylation sites (tertiary alicyclic amines) is 1. The zero-order valence-electron chi connectivity index (χ0n) is 21.5. The molecule has 0 bridgehead atoms. The molecule has 10 heteroatoms. The maximum absolute atomic E-state index is 12.4. The largest absolute Gasteiger partial charge is 0.507 e. The van der Waals surface area contributed by atoms with Crippen molar-refractivity contribution in [1.29, 1.82) is 0 Å². The SMILES string of the molecule is C[C@H]1Nc2nnc(-c3ccccc3O)cc2N2CCN(C3CCN(C(=O)OC(C)(C)C)CC3)C[C@H]12.Cl. The number of anilines is 2. The summed E-state index contributed by atoms with van der Waals surface area (Å²) >= 11 is 0. The second-order valence-corrected chi connectivity index (χ2v) is 10.9. The van der Waals surface area contributed by atoms with Crippen molar-refractivity contribution < 1.29 is 14.6 Å². The van der Waals surface area contributed by atoms with E-state index in [2.05, 4.69) is 32.2 Å². The monoisotopic (exact) mass is 516 g/mol. The first-order valence-corrected chi connectivity index (χ1v) is 12.6. The number of carbonyl (C=O) groups excluding carboxylic acids is 1.